The van der Waals surface area contributed by atoms with Crippen molar-refractivity contribution in [2.75, 3.05) is 13.2 Å². The first-order valence-electron chi connectivity index (χ1n) is 14.4. The van der Waals surface area contributed by atoms with Gasteiger partial charge in [-0.3, -0.25) is 0 Å². The van der Waals surface area contributed by atoms with Gasteiger partial charge in [0.05, 0.1) is 25.4 Å². The first kappa shape index (κ1) is 23.9. The molecule has 4 heteroatoms. The summed E-state index contributed by atoms with van der Waals surface area (Å²) in [6, 6.07) is 0. The average molecular weight is 473 g/mol. The minimum absolute atomic E-state index is 0.171. The highest BCUT2D eigenvalue weighted by atomic mass is 16.8. The zero-order chi connectivity index (χ0) is 23.9. The summed E-state index contributed by atoms with van der Waals surface area (Å²) < 4.78 is 26.2. The first-order valence-corrected chi connectivity index (χ1v) is 14.4. The van der Waals surface area contributed by atoms with E-state index in [1.807, 2.05) is 0 Å². The topological polar surface area (TPSA) is 36.9 Å². The molecular weight excluding hydrogens is 424 g/mol. The molecule has 0 aromatic carbocycles. The van der Waals surface area contributed by atoms with Crippen LogP contribution in [0.15, 0.2) is 12.2 Å². The Labute approximate surface area is 207 Å². The van der Waals surface area contributed by atoms with Gasteiger partial charge >= 0.3 is 0 Å². The van der Waals surface area contributed by atoms with Crippen LogP contribution in [0.2, 0.25) is 0 Å². The number of rotatable bonds is 3. The van der Waals surface area contributed by atoms with Crippen LogP contribution in [-0.2, 0) is 18.9 Å². The molecule has 6 rings (SSSR count). The van der Waals surface area contributed by atoms with Crippen LogP contribution in [0.4, 0.5) is 0 Å². The molecule has 4 saturated carbocycles. The summed E-state index contributed by atoms with van der Waals surface area (Å²) in [6.07, 6.45) is 15.1. The predicted molar refractivity (Wildman–Crippen MR) is 133 cm³/mol. The van der Waals surface area contributed by atoms with Gasteiger partial charge in [0.1, 0.15) is 0 Å². The van der Waals surface area contributed by atoms with Gasteiger partial charge in [0.2, 0.25) is 0 Å². The monoisotopic (exact) mass is 472 g/mol. The Morgan fingerprint density at radius 1 is 0.882 bits per heavy atom. The maximum atomic E-state index is 6.64. The van der Waals surface area contributed by atoms with E-state index in [1.54, 1.807) is 0 Å². The summed E-state index contributed by atoms with van der Waals surface area (Å²) in [5.41, 5.74) is 0.624. The molecule has 0 aromatic rings. The van der Waals surface area contributed by atoms with Crippen molar-refractivity contribution in [1.82, 2.24) is 0 Å². The lowest BCUT2D eigenvalue weighted by atomic mass is 9.42. The number of hydrogen-bond donors (Lipinski definition) is 0. The molecule has 1 spiro atoms. The minimum Gasteiger partial charge on any atom is -0.347 e. The fourth-order valence-corrected chi connectivity index (χ4v) is 10.5. The van der Waals surface area contributed by atoms with Crippen LogP contribution in [-0.4, -0.2) is 37.0 Å². The smallest absolute Gasteiger partial charge is 0.172 e. The van der Waals surface area contributed by atoms with Crippen molar-refractivity contribution in [2.45, 2.75) is 117 Å². The molecule has 6 aliphatic rings. The van der Waals surface area contributed by atoms with Crippen molar-refractivity contribution in [1.29, 1.82) is 0 Å². The van der Waals surface area contributed by atoms with Crippen LogP contribution in [0.1, 0.15) is 92.9 Å². The number of fused-ring (bicyclic) bond motifs is 7. The van der Waals surface area contributed by atoms with Gasteiger partial charge in [0.25, 0.3) is 0 Å². The van der Waals surface area contributed by atoms with Crippen molar-refractivity contribution in [3.05, 3.63) is 12.2 Å². The minimum atomic E-state index is -0.477. The van der Waals surface area contributed by atoms with E-state index in [-0.39, 0.29) is 17.6 Å². The fourth-order valence-electron chi connectivity index (χ4n) is 10.5. The Hall–Kier alpha value is -0.420. The predicted octanol–water partition coefficient (Wildman–Crippen LogP) is 6.73. The Balaban J connectivity index is 1.34. The van der Waals surface area contributed by atoms with Gasteiger partial charge in [0, 0.05) is 12.3 Å². The second-order valence-corrected chi connectivity index (χ2v) is 13.7. The summed E-state index contributed by atoms with van der Waals surface area (Å²) >= 11 is 0. The molecule has 4 nitrogen and oxygen atoms in total. The lowest BCUT2D eigenvalue weighted by Gasteiger charge is -2.65. The Morgan fingerprint density at radius 2 is 1.59 bits per heavy atom. The standard InChI is InChI=1S/C30H48O4/c1-7-8-9-19(2)21-10-11-22-20-17-30(31-14-15-32-30)26-16-24-25(34-27(3,4)33-24)18-29(26,6)23(20)12-13-28(21,22)5/h8-9,19-26H,7,10-18H2,1-6H3/b9-8+/t19-,20?,21-,22?,23?,24?,25-,26+,28-,29-/m1/s1. The lowest BCUT2D eigenvalue weighted by Crippen LogP contribution is -2.65. The van der Waals surface area contributed by atoms with Crippen LogP contribution in [0.25, 0.3) is 0 Å². The van der Waals surface area contributed by atoms with Crippen molar-refractivity contribution in [3.63, 3.8) is 0 Å². The van der Waals surface area contributed by atoms with Crippen molar-refractivity contribution in [3.8, 4) is 0 Å². The average Bonchev–Trinajstić information content (AvgIpc) is 3.45. The van der Waals surface area contributed by atoms with E-state index >= 15 is 0 Å². The quantitative estimate of drug-likeness (QED) is 0.427. The van der Waals surface area contributed by atoms with E-state index in [0.717, 1.165) is 56.7 Å². The SMILES string of the molecule is CC/C=C/[C@@H](C)[C@H]1CCC2C3CC4(OCCO4)[C@H]4CC5OC(C)(C)O[C@@H]5C[C@]4(C)C3CC[C@@]21C. The third-order valence-electron chi connectivity index (χ3n) is 11.7. The van der Waals surface area contributed by atoms with E-state index in [0.29, 0.717) is 23.2 Å². The third-order valence-corrected chi connectivity index (χ3v) is 11.7. The maximum absolute atomic E-state index is 6.64. The summed E-state index contributed by atoms with van der Waals surface area (Å²) in [5.74, 6) is 3.20. The van der Waals surface area contributed by atoms with Gasteiger partial charge in [0.15, 0.2) is 11.6 Å². The summed E-state index contributed by atoms with van der Waals surface area (Å²) in [7, 11) is 0. The van der Waals surface area contributed by atoms with E-state index in [2.05, 4.69) is 53.7 Å². The molecule has 0 bridgehead atoms. The normalized spacial score (nSPS) is 51.8. The molecule has 4 unspecified atom stereocenters. The fraction of sp³-hybridized carbons (Fsp3) is 0.933. The molecule has 0 aromatic heterocycles. The van der Waals surface area contributed by atoms with E-state index in [4.69, 9.17) is 18.9 Å². The first-order chi connectivity index (χ1) is 16.1. The molecule has 4 aliphatic carbocycles. The van der Waals surface area contributed by atoms with Gasteiger partial charge in [-0.2, -0.15) is 0 Å². The van der Waals surface area contributed by atoms with Crippen molar-refractivity contribution in [2.24, 2.45) is 46.3 Å². The van der Waals surface area contributed by atoms with Gasteiger partial charge in [-0.05, 0) is 99.2 Å². The maximum Gasteiger partial charge on any atom is 0.172 e. The van der Waals surface area contributed by atoms with Gasteiger partial charge < -0.3 is 18.9 Å². The summed E-state index contributed by atoms with van der Waals surface area (Å²) in [5, 5.41) is 0. The molecule has 192 valence electrons. The molecule has 0 radical (unpaired) electrons. The molecule has 2 heterocycles. The highest BCUT2D eigenvalue weighted by Gasteiger charge is 2.69. The van der Waals surface area contributed by atoms with E-state index in [1.165, 1.54) is 25.7 Å². The second-order valence-electron chi connectivity index (χ2n) is 13.7. The molecule has 34 heavy (non-hydrogen) atoms. The largest absolute Gasteiger partial charge is 0.347 e. The Bertz CT molecular complexity index is 815. The van der Waals surface area contributed by atoms with Crippen molar-refractivity contribution < 1.29 is 18.9 Å². The molecule has 10 atom stereocenters. The van der Waals surface area contributed by atoms with Gasteiger partial charge in [-0.1, -0.05) is 39.8 Å². The van der Waals surface area contributed by atoms with Crippen LogP contribution >= 0.6 is 0 Å². The number of ether oxygens (including phenoxy) is 4. The Kier molecular flexibility index (Phi) is 5.66. The van der Waals surface area contributed by atoms with E-state index < -0.39 is 11.6 Å². The highest BCUT2D eigenvalue weighted by molar-refractivity contribution is 5.16. The summed E-state index contributed by atoms with van der Waals surface area (Å²) in [6.45, 7) is 15.6. The zero-order valence-corrected chi connectivity index (χ0v) is 22.5. The van der Waals surface area contributed by atoms with Crippen molar-refractivity contribution >= 4 is 0 Å². The molecule has 6 fully saturated rings. The Morgan fingerprint density at radius 3 is 2.32 bits per heavy atom. The number of hydrogen-bond acceptors (Lipinski definition) is 4. The molecule has 2 saturated heterocycles. The van der Waals surface area contributed by atoms with Crippen LogP contribution in [0.5, 0.6) is 0 Å². The van der Waals surface area contributed by atoms with Crippen LogP contribution in [0, 0.1) is 46.3 Å². The molecule has 2 aliphatic heterocycles. The lowest BCUT2D eigenvalue weighted by molar-refractivity contribution is -0.300. The van der Waals surface area contributed by atoms with Gasteiger partial charge in [-0.15, -0.1) is 0 Å². The van der Waals surface area contributed by atoms with E-state index in [9.17, 15) is 0 Å². The third kappa shape index (κ3) is 3.37. The molecule has 0 amide bonds. The summed E-state index contributed by atoms with van der Waals surface area (Å²) in [4.78, 5) is 0. The number of allylic oxidation sites excluding steroid dienone is 2. The zero-order valence-electron chi connectivity index (χ0n) is 22.5. The van der Waals surface area contributed by atoms with Crippen LogP contribution in [0.3, 0.4) is 0 Å². The van der Waals surface area contributed by atoms with Gasteiger partial charge in [-0.25, -0.2) is 0 Å². The highest BCUT2D eigenvalue weighted by Crippen LogP contribution is 2.71. The van der Waals surface area contributed by atoms with Crippen LogP contribution < -0.4 is 0 Å². The molecule has 0 N–H and O–H groups in total. The molecular formula is C30H48O4. The second kappa shape index (κ2) is 8.04.